The van der Waals surface area contributed by atoms with Crippen molar-refractivity contribution in [3.8, 4) is 0 Å². The number of piperidine rings is 1. The zero-order chi connectivity index (χ0) is 13.5. The van der Waals surface area contributed by atoms with Crippen LogP contribution < -0.4 is 5.32 Å². The molecule has 1 N–H and O–H groups in total. The van der Waals surface area contributed by atoms with E-state index in [1.807, 2.05) is 6.07 Å². The molecule has 1 amide bonds. The van der Waals surface area contributed by atoms with Crippen molar-refractivity contribution in [3.63, 3.8) is 0 Å². The van der Waals surface area contributed by atoms with Crippen LogP contribution in [-0.2, 0) is 4.79 Å². The Hall–Kier alpha value is -1.35. The number of likely N-dealkylation sites (tertiary alicyclic amines) is 1. The van der Waals surface area contributed by atoms with Crippen LogP contribution >= 0.6 is 0 Å². The van der Waals surface area contributed by atoms with Crippen LogP contribution in [0.4, 0.5) is 0 Å². The maximum atomic E-state index is 12.8. The summed E-state index contributed by atoms with van der Waals surface area (Å²) in [5.74, 6) is 1.83. The topological polar surface area (TPSA) is 32.3 Å². The van der Waals surface area contributed by atoms with Gasteiger partial charge in [0.05, 0.1) is 0 Å². The quantitative estimate of drug-likeness (QED) is 0.891. The van der Waals surface area contributed by atoms with Gasteiger partial charge in [-0.05, 0) is 36.7 Å². The van der Waals surface area contributed by atoms with Crippen LogP contribution in [0.5, 0.6) is 0 Å². The van der Waals surface area contributed by atoms with E-state index in [2.05, 4.69) is 34.5 Å². The second kappa shape index (κ2) is 4.88. The van der Waals surface area contributed by atoms with E-state index >= 15 is 0 Å². The van der Waals surface area contributed by atoms with Crippen molar-refractivity contribution in [2.75, 3.05) is 19.6 Å². The maximum Gasteiger partial charge on any atom is 0.226 e. The van der Waals surface area contributed by atoms with Gasteiger partial charge in [0, 0.05) is 31.6 Å². The second-order valence-electron chi connectivity index (χ2n) is 6.52. The molecule has 0 radical (unpaired) electrons. The fourth-order valence-electron chi connectivity index (χ4n) is 4.09. The Kier molecular flexibility index (Phi) is 3.03. The predicted molar refractivity (Wildman–Crippen MR) is 78.4 cm³/mol. The Balaban J connectivity index is 1.46. The van der Waals surface area contributed by atoms with E-state index in [0.29, 0.717) is 23.8 Å². The fraction of sp³-hybridized carbons (Fsp3) is 0.588. The molecular formula is C17H22N2O. The number of hydrogen-bond donors (Lipinski definition) is 1. The lowest BCUT2D eigenvalue weighted by atomic mass is 9.91. The first-order valence-corrected chi connectivity index (χ1v) is 7.91. The lowest BCUT2D eigenvalue weighted by molar-refractivity contribution is -0.136. The molecule has 4 atom stereocenters. The average molecular weight is 270 g/mol. The van der Waals surface area contributed by atoms with Crippen LogP contribution in [0.2, 0.25) is 0 Å². The molecule has 1 aromatic rings. The van der Waals surface area contributed by atoms with E-state index in [9.17, 15) is 4.79 Å². The van der Waals surface area contributed by atoms with Gasteiger partial charge < -0.3 is 10.2 Å². The molecule has 1 aromatic carbocycles. The van der Waals surface area contributed by atoms with Crippen molar-refractivity contribution in [1.82, 2.24) is 10.2 Å². The van der Waals surface area contributed by atoms with Gasteiger partial charge in [0.1, 0.15) is 0 Å². The predicted octanol–water partition coefficient (Wildman–Crippen LogP) is 2.00. The average Bonchev–Trinajstić information content (AvgIpc) is 3.16. The number of nitrogens with zero attached hydrogens (tertiary/aromatic N) is 1. The molecular weight excluding hydrogens is 248 g/mol. The summed E-state index contributed by atoms with van der Waals surface area (Å²) in [4.78, 5) is 15.0. The number of carbonyl (C=O) groups is 1. The third-order valence-corrected chi connectivity index (χ3v) is 5.30. The summed E-state index contributed by atoms with van der Waals surface area (Å²) < 4.78 is 0. The third kappa shape index (κ3) is 2.05. The standard InChI is InChI=1S/C17H22N2O/c20-17(15-9-14(15)12-5-2-1-3-6-12)19-8-4-7-13-10-18-11-16(13)19/h1-3,5-6,13-16,18H,4,7-11H2. The van der Waals surface area contributed by atoms with Gasteiger partial charge in [-0.25, -0.2) is 0 Å². The highest BCUT2D eigenvalue weighted by atomic mass is 16.2. The van der Waals surface area contributed by atoms with Gasteiger partial charge in [0.15, 0.2) is 0 Å². The highest BCUT2D eigenvalue weighted by Gasteiger charge is 2.48. The molecule has 3 nitrogen and oxygen atoms in total. The van der Waals surface area contributed by atoms with Gasteiger partial charge >= 0.3 is 0 Å². The summed E-state index contributed by atoms with van der Waals surface area (Å²) in [6.45, 7) is 3.07. The van der Waals surface area contributed by atoms with Gasteiger partial charge in [-0.1, -0.05) is 30.3 Å². The largest absolute Gasteiger partial charge is 0.338 e. The molecule has 1 aliphatic carbocycles. The van der Waals surface area contributed by atoms with Gasteiger partial charge in [-0.3, -0.25) is 4.79 Å². The molecule has 4 unspecified atom stereocenters. The number of rotatable bonds is 2. The summed E-state index contributed by atoms with van der Waals surface area (Å²) in [5.41, 5.74) is 1.34. The zero-order valence-electron chi connectivity index (χ0n) is 11.8. The Labute approximate surface area is 120 Å². The Morgan fingerprint density at radius 3 is 2.90 bits per heavy atom. The molecule has 20 heavy (non-hydrogen) atoms. The van der Waals surface area contributed by atoms with Gasteiger partial charge in [0.2, 0.25) is 5.91 Å². The van der Waals surface area contributed by atoms with E-state index < -0.39 is 0 Å². The molecule has 3 heteroatoms. The molecule has 2 saturated heterocycles. The number of fused-ring (bicyclic) bond motifs is 1. The van der Waals surface area contributed by atoms with E-state index in [-0.39, 0.29) is 5.92 Å². The molecule has 106 valence electrons. The first-order valence-electron chi connectivity index (χ1n) is 7.91. The van der Waals surface area contributed by atoms with Crippen molar-refractivity contribution < 1.29 is 4.79 Å². The number of nitrogens with one attached hydrogen (secondary N) is 1. The smallest absolute Gasteiger partial charge is 0.226 e. The highest BCUT2D eigenvalue weighted by molar-refractivity contribution is 5.83. The van der Waals surface area contributed by atoms with Crippen LogP contribution in [0.3, 0.4) is 0 Å². The number of carbonyl (C=O) groups excluding carboxylic acids is 1. The molecule has 4 rings (SSSR count). The summed E-state index contributed by atoms with van der Waals surface area (Å²) >= 11 is 0. The molecule has 0 spiro atoms. The van der Waals surface area contributed by atoms with Crippen LogP contribution in [-0.4, -0.2) is 36.5 Å². The fourth-order valence-corrected chi connectivity index (χ4v) is 4.09. The van der Waals surface area contributed by atoms with Crippen LogP contribution in [0, 0.1) is 11.8 Å². The van der Waals surface area contributed by atoms with Gasteiger partial charge in [-0.15, -0.1) is 0 Å². The Morgan fingerprint density at radius 1 is 1.20 bits per heavy atom. The minimum atomic E-state index is 0.247. The van der Waals surface area contributed by atoms with Crippen molar-refractivity contribution in [3.05, 3.63) is 35.9 Å². The molecule has 2 heterocycles. The number of amides is 1. The monoisotopic (exact) mass is 270 g/mol. The van der Waals surface area contributed by atoms with Crippen molar-refractivity contribution in [1.29, 1.82) is 0 Å². The first-order chi connectivity index (χ1) is 9.84. The molecule has 3 fully saturated rings. The summed E-state index contributed by atoms with van der Waals surface area (Å²) in [5, 5.41) is 3.46. The third-order valence-electron chi connectivity index (χ3n) is 5.30. The number of benzene rings is 1. The normalized spacial score (nSPS) is 35.7. The van der Waals surface area contributed by atoms with Gasteiger partial charge in [-0.2, -0.15) is 0 Å². The first kappa shape index (κ1) is 12.4. The molecule has 2 aliphatic heterocycles. The molecule has 0 bridgehead atoms. The lowest BCUT2D eigenvalue weighted by Crippen LogP contribution is -2.49. The van der Waals surface area contributed by atoms with Crippen LogP contribution in [0.15, 0.2) is 30.3 Å². The van der Waals surface area contributed by atoms with E-state index in [0.717, 1.165) is 26.1 Å². The summed E-state index contributed by atoms with van der Waals surface area (Å²) in [7, 11) is 0. The number of hydrogen-bond acceptors (Lipinski definition) is 2. The minimum absolute atomic E-state index is 0.247. The second-order valence-corrected chi connectivity index (χ2v) is 6.52. The van der Waals surface area contributed by atoms with Crippen LogP contribution in [0.25, 0.3) is 0 Å². The van der Waals surface area contributed by atoms with Gasteiger partial charge in [0.25, 0.3) is 0 Å². The molecule has 0 aromatic heterocycles. The lowest BCUT2D eigenvalue weighted by Gasteiger charge is -2.37. The Morgan fingerprint density at radius 2 is 2.05 bits per heavy atom. The van der Waals surface area contributed by atoms with Crippen molar-refractivity contribution in [2.24, 2.45) is 11.8 Å². The zero-order valence-corrected chi connectivity index (χ0v) is 11.8. The van der Waals surface area contributed by atoms with E-state index in [1.54, 1.807) is 0 Å². The van der Waals surface area contributed by atoms with E-state index in [4.69, 9.17) is 0 Å². The maximum absolute atomic E-state index is 12.8. The highest BCUT2D eigenvalue weighted by Crippen LogP contribution is 2.49. The Bertz CT molecular complexity index is 501. The summed E-state index contributed by atoms with van der Waals surface area (Å²) in [6, 6.07) is 11.0. The SMILES string of the molecule is O=C(C1CC1c1ccccc1)N1CCCC2CNCC21. The van der Waals surface area contributed by atoms with Crippen molar-refractivity contribution in [2.45, 2.75) is 31.2 Å². The van der Waals surface area contributed by atoms with Crippen molar-refractivity contribution >= 4 is 5.91 Å². The molecule has 1 saturated carbocycles. The van der Waals surface area contributed by atoms with Crippen LogP contribution in [0.1, 0.15) is 30.7 Å². The van der Waals surface area contributed by atoms with E-state index in [1.165, 1.54) is 18.4 Å². The minimum Gasteiger partial charge on any atom is -0.338 e. The molecule has 3 aliphatic rings. The summed E-state index contributed by atoms with van der Waals surface area (Å²) in [6.07, 6.45) is 3.51.